The molecule has 104 heavy (non-hydrogen) atoms. The van der Waals surface area contributed by atoms with Crippen molar-refractivity contribution in [3.8, 4) is 0 Å². The summed E-state index contributed by atoms with van der Waals surface area (Å²) < 4.78 is 68.9. The Hall–Kier alpha value is -1.94. The predicted octanol–water partition coefficient (Wildman–Crippen LogP) is 25.6. The Bertz CT molecular complexity index is 2030. The second-order valence-corrected chi connectivity index (χ2v) is 34.9. The van der Waals surface area contributed by atoms with Gasteiger partial charge in [0.15, 0.2) is 12.2 Å². The molecule has 3 N–H and O–H groups in total. The van der Waals surface area contributed by atoms with E-state index in [0.29, 0.717) is 25.7 Å². The lowest BCUT2D eigenvalue weighted by Gasteiger charge is -2.21. The lowest BCUT2D eigenvalue weighted by Crippen LogP contribution is -2.30. The van der Waals surface area contributed by atoms with Crippen LogP contribution in [0.25, 0.3) is 0 Å². The molecule has 0 saturated heterocycles. The minimum atomic E-state index is -4.97. The summed E-state index contributed by atoms with van der Waals surface area (Å²) >= 11 is 0. The van der Waals surface area contributed by atoms with Crippen molar-refractivity contribution in [3.63, 3.8) is 0 Å². The van der Waals surface area contributed by atoms with Crippen molar-refractivity contribution < 1.29 is 80.2 Å². The van der Waals surface area contributed by atoms with Crippen LogP contribution in [0.15, 0.2) is 0 Å². The van der Waals surface area contributed by atoms with E-state index in [0.717, 1.165) is 120 Å². The molecule has 0 aromatic carbocycles. The molecule has 0 rings (SSSR count). The third-order valence-electron chi connectivity index (χ3n) is 20.5. The Morgan fingerprint density at radius 1 is 0.269 bits per heavy atom. The van der Waals surface area contributed by atoms with Gasteiger partial charge in [0.05, 0.1) is 26.4 Å². The summed E-state index contributed by atoms with van der Waals surface area (Å²) in [6, 6.07) is 0. The van der Waals surface area contributed by atoms with E-state index in [1.54, 1.807) is 0 Å². The van der Waals surface area contributed by atoms with Crippen LogP contribution in [0.4, 0.5) is 0 Å². The quantitative estimate of drug-likeness (QED) is 0.0222. The third kappa shape index (κ3) is 75.5. The van der Waals surface area contributed by atoms with Crippen molar-refractivity contribution >= 4 is 39.5 Å². The molecule has 0 fully saturated rings. The molecular weight excluding hydrogens is 1350 g/mol. The van der Waals surface area contributed by atoms with E-state index in [9.17, 15) is 43.2 Å². The van der Waals surface area contributed by atoms with Gasteiger partial charge in [-0.05, 0) is 49.4 Å². The molecule has 0 spiro atoms. The molecule has 618 valence electrons. The standard InChI is InChI=1S/C85H166O17P2/c1-9-77(7)63-55-47-39-33-27-20-17-18-22-30-36-42-52-60-68-85(90)102-81(72-96-83(88)66-58-50-44-43-48-56-64-78(8)10-2)74-100-104(93,94)98-70-79(86)69-97-103(91,92)99-73-80(71-95-82(87)65-57-49-40-34-28-24-23-26-32-38-46-54-62-76(5)6)101-84(89)67-59-51-41-35-29-21-16-14-12-11-13-15-19-25-31-37-45-53-61-75(3)4/h75-81,86H,9-74H2,1-8H3,(H,91,92)(H,93,94)/t77?,78?,79-,80-,81-/m1/s1. The van der Waals surface area contributed by atoms with Crippen molar-refractivity contribution in [2.24, 2.45) is 23.7 Å². The first-order chi connectivity index (χ1) is 50.2. The number of unbranched alkanes of at least 4 members (excludes halogenated alkanes) is 46. The lowest BCUT2D eigenvalue weighted by molar-refractivity contribution is -0.161. The number of phosphoric ester groups is 2. The number of hydrogen-bond acceptors (Lipinski definition) is 15. The highest BCUT2D eigenvalue weighted by Crippen LogP contribution is 2.45. The summed E-state index contributed by atoms with van der Waals surface area (Å²) in [5, 5.41) is 10.7. The van der Waals surface area contributed by atoms with Crippen LogP contribution >= 0.6 is 15.6 Å². The summed E-state index contributed by atoms with van der Waals surface area (Å²) in [4.78, 5) is 73.2. The van der Waals surface area contributed by atoms with Crippen molar-refractivity contribution in [1.29, 1.82) is 0 Å². The van der Waals surface area contributed by atoms with Crippen LogP contribution < -0.4 is 0 Å². The molecule has 0 bridgehead atoms. The normalized spacial score (nSPS) is 14.5. The summed E-state index contributed by atoms with van der Waals surface area (Å²) in [5.74, 6) is 1.07. The van der Waals surface area contributed by atoms with Gasteiger partial charge in [0.25, 0.3) is 0 Å². The van der Waals surface area contributed by atoms with Gasteiger partial charge in [-0.25, -0.2) is 9.13 Å². The monoisotopic (exact) mass is 1520 g/mol. The van der Waals surface area contributed by atoms with Gasteiger partial charge < -0.3 is 33.8 Å². The van der Waals surface area contributed by atoms with Crippen molar-refractivity contribution in [3.05, 3.63) is 0 Å². The first-order valence-electron chi connectivity index (χ1n) is 43.8. The number of aliphatic hydroxyl groups excluding tert-OH is 1. The number of carbonyl (C=O) groups is 4. The average molecular weight is 1520 g/mol. The maximum atomic E-state index is 13.1. The van der Waals surface area contributed by atoms with Gasteiger partial charge >= 0.3 is 39.5 Å². The minimum absolute atomic E-state index is 0.107. The van der Waals surface area contributed by atoms with Crippen molar-refractivity contribution in [2.75, 3.05) is 39.6 Å². The van der Waals surface area contributed by atoms with E-state index in [2.05, 4.69) is 55.4 Å². The van der Waals surface area contributed by atoms with Gasteiger partial charge in [0.2, 0.25) is 0 Å². The molecule has 0 saturated carbocycles. The number of esters is 4. The molecule has 0 aliphatic rings. The minimum Gasteiger partial charge on any atom is -0.462 e. The highest BCUT2D eigenvalue weighted by molar-refractivity contribution is 7.47. The Morgan fingerprint density at radius 2 is 0.462 bits per heavy atom. The molecule has 0 aliphatic carbocycles. The highest BCUT2D eigenvalue weighted by atomic mass is 31.2. The van der Waals surface area contributed by atoms with Crippen LogP contribution in [0.5, 0.6) is 0 Å². The molecule has 0 amide bonds. The highest BCUT2D eigenvalue weighted by Gasteiger charge is 2.30. The number of hydrogen-bond donors (Lipinski definition) is 3. The van der Waals surface area contributed by atoms with Gasteiger partial charge in [-0.15, -0.1) is 0 Å². The summed E-state index contributed by atoms with van der Waals surface area (Å²) in [6.45, 7) is 14.3. The smallest absolute Gasteiger partial charge is 0.462 e. The molecule has 17 nitrogen and oxygen atoms in total. The first-order valence-corrected chi connectivity index (χ1v) is 46.8. The van der Waals surface area contributed by atoms with Crippen LogP contribution in [0, 0.1) is 23.7 Å². The molecule has 0 heterocycles. The zero-order chi connectivity index (χ0) is 76.7. The Labute approximate surface area is 638 Å². The molecule has 4 unspecified atom stereocenters. The maximum absolute atomic E-state index is 13.1. The van der Waals surface area contributed by atoms with Gasteiger partial charge in [-0.2, -0.15) is 0 Å². The predicted molar refractivity (Wildman–Crippen MR) is 428 cm³/mol. The summed E-state index contributed by atoms with van der Waals surface area (Å²) in [5.41, 5.74) is 0. The average Bonchev–Trinajstić information content (AvgIpc) is 0.931. The Balaban J connectivity index is 5.23. The molecule has 0 aromatic heterocycles. The van der Waals surface area contributed by atoms with Gasteiger partial charge in [0.1, 0.15) is 19.3 Å². The fourth-order valence-electron chi connectivity index (χ4n) is 13.1. The number of aliphatic hydroxyl groups is 1. The van der Waals surface area contributed by atoms with Crippen LogP contribution in [-0.4, -0.2) is 96.7 Å². The zero-order valence-electron chi connectivity index (χ0n) is 68.7. The van der Waals surface area contributed by atoms with E-state index < -0.39 is 97.5 Å². The fourth-order valence-corrected chi connectivity index (χ4v) is 14.7. The van der Waals surface area contributed by atoms with Gasteiger partial charge in [-0.1, -0.05) is 389 Å². The van der Waals surface area contributed by atoms with Crippen LogP contribution in [0.2, 0.25) is 0 Å². The van der Waals surface area contributed by atoms with E-state index >= 15 is 0 Å². The SMILES string of the molecule is CCC(C)CCCCCCCCCCCCCCCCC(=O)O[C@H](COC(=O)CCCCCCCCC(C)CC)COP(=O)(O)OC[C@H](O)COP(=O)(O)OC[C@@H](COC(=O)CCCCCCCCCCCCCCC(C)C)OC(=O)CCCCCCCCCCCCCCCCCCCCC(C)C. The topological polar surface area (TPSA) is 237 Å². The number of rotatable bonds is 82. The van der Waals surface area contributed by atoms with E-state index in [1.807, 2.05) is 0 Å². The van der Waals surface area contributed by atoms with E-state index in [4.69, 9.17) is 37.0 Å². The molecule has 0 radical (unpaired) electrons. The van der Waals surface area contributed by atoms with Crippen LogP contribution in [0.3, 0.4) is 0 Å². The molecule has 19 heteroatoms. The molecule has 0 aromatic rings. The molecule has 0 aliphatic heterocycles. The Kier molecular flexibility index (Phi) is 72.5. The second-order valence-electron chi connectivity index (χ2n) is 32.0. The fraction of sp³-hybridized carbons (Fsp3) is 0.953. The second kappa shape index (κ2) is 73.8. The number of ether oxygens (including phenoxy) is 4. The summed E-state index contributed by atoms with van der Waals surface area (Å²) in [7, 11) is -9.93. The largest absolute Gasteiger partial charge is 0.472 e. The first kappa shape index (κ1) is 102. The van der Waals surface area contributed by atoms with Crippen molar-refractivity contribution in [2.45, 2.75) is 459 Å². The Morgan fingerprint density at radius 3 is 0.683 bits per heavy atom. The molecular formula is C85H166O17P2. The van der Waals surface area contributed by atoms with Gasteiger partial charge in [-0.3, -0.25) is 37.3 Å². The lowest BCUT2D eigenvalue weighted by atomic mass is 9.99. The maximum Gasteiger partial charge on any atom is 0.472 e. The third-order valence-corrected chi connectivity index (χ3v) is 22.4. The van der Waals surface area contributed by atoms with E-state index in [-0.39, 0.29) is 25.7 Å². The van der Waals surface area contributed by atoms with Crippen LogP contribution in [0.1, 0.15) is 441 Å². The number of carbonyl (C=O) groups excluding carboxylic acids is 4. The number of phosphoric acid groups is 2. The van der Waals surface area contributed by atoms with E-state index in [1.165, 1.54) is 238 Å². The van der Waals surface area contributed by atoms with Gasteiger partial charge in [0, 0.05) is 25.7 Å². The van der Waals surface area contributed by atoms with Crippen molar-refractivity contribution in [1.82, 2.24) is 0 Å². The summed E-state index contributed by atoms with van der Waals surface area (Å²) in [6.07, 6.45) is 62.4. The molecule has 7 atom stereocenters. The van der Waals surface area contributed by atoms with Crippen LogP contribution in [-0.2, 0) is 65.4 Å². The zero-order valence-corrected chi connectivity index (χ0v) is 70.5.